The van der Waals surface area contributed by atoms with Gasteiger partial charge in [-0.3, -0.25) is 24.6 Å². The number of piperidine rings is 1. The van der Waals surface area contributed by atoms with Crippen molar-refractivity contribution in [3.8, 4) is 0 Å². The van der Waals surface area contributed by atoms with Crippen LogP contribution in [-0.4, -0.2) is 83.5 Å². The number of carbonyl (C=O) groups excluding carboxylic acids is 3. The van der Waals surface area contributed by atoms with Crippen molar-refractivity contribution in [2.45, 2.75) is 57.2 Å². The Morgan fingerprint density at radius 3 is 2.44 bits per heavy atom. The van der Waals surface area contributed by atoms with Crippen LogP contribution in [0.4, 0.5) is 14.9 Å². The van der Waals surface area contributed by atoms with Crippen LogP contribution in [0.3, 0.4) is 0 Å². The minimum absolute atomic E-state index is 0.0520. The van der Waals surface area contributed by atoms with Crippen LogP contribution in [0.2, 0.25) is 0 Å². The number of benzene rings is 1. The lowest BCUT2D eigenvalue weighted by Gasteiger charge is -2.39. The molecule has 1 aromatic carbocycles. The molecule has 1 saturated carbocycles. The van der Waals surface area contributed by atoms with Crippen LogP contribution < -0.4 is 15.5 Å². The second-order valence-electron chi connectivity index (χ2n) is 10.3. The van der Waals surface area contributed by atoms with Crippen LogP contribution in [0.5, 0.6) is 0 Å². The van der Waals surface area contributed by atoms with Gasteiger partial charge in [0.05, 0.1) is 5.69 Å². The van der Waals surface area contributed by atoms with Crippen molar-refractivity contribution in [2.24, 2.45) is 5.92 Å². The van der Waals surface area contributed by atoms with E-state index in [1.54, 1.807) is 6.07 Å². The molecule has 2 saturated heterocycles. The third-order valence-corrected chi connectivity index (χ3v) is 7.99. The standard InChI is InChI=1S/C25H32FN5O5/c26-19-12-18-16(14-31(24(18)34)20-5-6-22(32)28-23(20)33)11-21(19)30-9-7-29(8-10-30)13-15-1-3-17(4-2-15)27-25(35)36/h11-12,15,17,20,27H,1-10,13-14H2,(H,35,36)(H,28,32,33)/t15-,17-,20?. The van der Waals surface area contributed by atoms with Gasteiger partial charge in [0, 0.05) is 57.3 Å². The van der Waals surface area contributed by atoms with Gasteiger partial charge in [-0.2, -0.15) is 0 Å². The molecule has 3 aliphatic heterocycles. The maximum atomic E-state index is 15.1. The van der Waals surface area contributed by atoms with Gasteiger partial charge < -0.3 is 20.2 Å². The summed E-state index contributed by atoms with van der Waals surface area (Å²) in [5, 5.41) is 13.8. The van der Waals surface area contributed by atoms with E-state index in [2.05, 4.69) is 15.5 Å². The van der Waals surface area contributed by atoms with Crippen LogP contribution >= 0.6 is 0 Å². The number of rotatable bonds is 5. The largest absolute Gasteiger partial charge is 0.465 e. The van der Waals surface area contributed by atoms with Crippen LogP contribution in [0.1, 0.15) is 54.4 Å². The Balaban J connectivity index is 1.17. The lowest BCUT2D eigenvalue weighted by atomic mass is 9.85. The Labute approximate surface area is 208 Å². The van der Waals surface area contributed by atoms with E-state index in [4.69, 9.17) is 5.11 Å². The first-order valence-corrected chi connectivity index (χ1v) is 12.7. The Morgan fingerprint density at radius 2 is 1.78 bits per heavy atom. The Kier molecular flexibility index (Phi) is 6.83. The highest BCUT2D eigenvalue weighted by atomic mass is 19.1. The lowest BCUT2D eigenvalue weighted by Crippen LogP contribution is -2.52. The number of carbonyl (C=O) groups is 4. The molecule has 1 aromatic rings. The van der Waals surface area contributed by atoms with Crippen molar-refractivity contribution in [3.05, 3.63) is 29.1 Å². The second-order valence-corrected chi connectivity index (χ2v) is 10.3. The number of carboxylic acid groups (broad SMARTS) is 1. The summed E-state index contributed by atoms with van der Waals surface area (Å²) in [7, 11) is 0. The van der Waals surface area contributed by atoms with E-state index in [0.717, 1.165) is 45.3 Å². The fourth-order valence-corrected chi connectivity index (χ4v) is 6.02. The van der Waals surface area contributed by atoms with Crippen molar-refractivity contribution >= 4 is 29.5 Å². The molecule has 1 atom stereocenters. The molecule has 0 spiro atoms. The van der Waals surface area contributed by atoms with E-state index in [9.17, 15) is 19.2 Å². The predicted molar refractivity (Wildman–Crippen MR) is 128 cm³/mol. The van der Waals surface area contributed by atoms with Crippen LogP contribution in [-0.2, 0) is 16.1 Å². The molecule has 3 fully saturated rings. The zero-order valence-corrected chi connectivity index (χ0v) is 20.2. The quantitative estimate of drug-likeness (QED) is 0.523. The number of nitrogens with one attached hydrogen (secondary N) is 2. The van der Waals surface area contributed by atoms with Gasteiger partial charge in [0.2, 0.25) is 11.8 Å². The first-order chi connectivity index (χ1) is 17.3. The molecule has 0 aromatic heterocycles. The summed E-state index contributed by atoms with van der Waals surface area (Å²) in [6.45, 7) is 4.17. The van der Waals surface area contributed by atoms with Gasteiger partial charge in [-0.15, -0.1) is 0 Å². The zero-order chi connectivity index (χ0) is 25.4. The second kappa shape index (κ2) is 10.0. The molecule has 1 unspecified atom stereocenters. The molecule has 0 bridgehead atoms. The SMILES string of the molecule is O=C1CCC(N2Cc3cc(N4CCN(C[C@H]5CC[C@H](NC(=O)O)CC5)CC4)c(F)cc3C2=O)C(=O)N1. The maximum absolute atomic E-state index is 15.1. The highest BCUT2D eigenvalue weighted by Gasteiger charge is 2.40. The number of amides is 4. The predicted octanol–water partition coefficient (Wildman–Crippen LogP) is 1.54. The van der Waals surface area contributed by atoms with E-state index < -0.39 is 23.9 Å². The summed E-state index contributed by atoms with van der Waals surface area (Å²) in [4.78, 5) is 53.3. The molecule has 36 heavy (non-hydrogen) atoms. The molecular weight excluding hydrogens is 469 g/mol. The van der Waals surface area contributed by atoms with E-state index >= 15 is 4.39 Å². The van der Waals surface area contributed by atoms with Crippen molar-refractivity contribution in [1.29, 1.82) is 0 Å². The zero-order valence-electron chi connectivity index (χ0n) is 20.2. The number of nitrogens with zero attached hydrogens (tertiary/aromatic N) is 3. The summed E-state index contributed by atoms with van der Waals surface area (Å²) in [6, 6.07) is 2.36. The molecule has 3 N–H and O–H groups in total. The van der Waals surface area contributed by atoms with E-state index in [-0.39, 0.29) is 42.8 Å². The van der Waals surface area contributed by atoms with Gasteiger partial charge in [-0.05, 0) is 55.7 Å². The molecule has 0 radical (unpaired) electrons. The first kappa shape index (κ1) is 24.5. The highest BCUT2D eigenvalue weighted by molar-refractivity contribution is 6.05. The van der Waals surface area contributed by atoms with E-state index in [1.807, 2.05) is 4.90 Å². The highest BCUT2D eigenvalue weighted by Crippen LogP contribution is 2.33. The molecule has 10 nitrogen and oxygen atoms in total. The average Bonchev–Trinajstić information content (AvgIpc) is 3.15. The summed E-state index contributed by atoms with van der Waals surface area (Å²) in [5.41, 5.74) is 1.47. The average molecular weight is 502 g/mol. The molecule has 3 heterocycles. The summed E-state index contributed by atoms with van der Waals surface area (Å²) < 4.78 is 15.1. The number of halogens is 1. The van der Waals surface area contributed by atoms with Gasteiger partial charge in [-0.1, -0.05) is 0 Å². The fraction of sp³-hybridized carbons (Fsp3) is 0.600. The van der Waals surface area contributed by atoms with Crippen molar-refractivity contribution in [3.63, 3.8) is 0 Å². The maximum Gasteiger partial charge on any atom is 0.404 e. The van der Waals surface area contributed by atoms with Gasteiger partial charge >= 0.3 is 6.09 Å². The molecule has 11 heteroatoms. The number of hydrogen-bond donors (Lipinski definition) is 3. The van der Waals surface area contributed by atoms with Gasteiger partial charge in [0.15, 0.2) is 0 Å². The van der Waals surface area contributed by atoms with Gasteiger partial charge in [-0.25, -0.2) is 9.18 Å². The number of imide groups is 1. The normalized spacial score (nSPS) is 27.1. The molecule has 194 valence electrons. The lowest BCUT2D eigenvalue weighted by molar-refractivity contribution is -0.136. The van der Waals surface area contributed by atoms with E-state index in [1.165, 1.54) is 11.0 Å². The summed E-state index contributed by atoms with van der Waals surface area (Å²) >= 11 is 0. The molecular formula is C25H32FN5O5. The number of fused-ring (bicyclic) bond motifs is 1. The number of anilines is 1. The van der Waals surface area contributed by atoms with Crippen LogP contribution in [0, 0.1) is 11.7 Å². The first-order valence-electron chi connectivity index (χ1n) is 12.7. The third kappa shape index (κ3) is 5.02. The molecule has 5 rings (SSSR count). The Morgan fingerprint density at radius 1 is 1.06 bits per heavy atom. The minimum atomic E-state index is -0.957. The minimum Gasteiger partial charge on any atom is -0.465 e. The molecule has 4 aliphatic rings. The summed E-state index contributed by atoms with van der Waals surface area (Å²) in [5.74, 6) is -1.08. The fourth-order valence-electron chi connectivity index (χ4n) is 6.02. The van der Waals surface area contributed by atoms with Gasteiger partial charge in [0.25, 0.3) is 5.91 Å². The number of piperazine rings is 1. The Bertz CT molecular complexity index is 1070. The topological polar surface area (TPSA) is 122 Å². The van der Waals surface area contributed by atoms with Gasteiger partial charge in [0.1, 0.15) is 11.9 Å². The summed E-state index contributed by atoms with van der Waals surface area (Å²) in [6.07, 6.45) is 3.24. The van der Waals surface area contributed by atoms with Crippen molar-refractivity contribution in [2.75, 3.05) is 37.6 Å². The van der Waals surface area contributed by atoms with Crippen LogP contribution in [0.15, 0.2) is 12.1 Å². The smallest absolute Gasteiger partial charge is 0.404 e. The molecule has 4 amide bonds. The van der Waals surface area contributed by atoms with Crippen molar-refractivity contribution < 1.29 is 28.7 Å². The molecule has 1 aliphatic carbocycles. The van der Waals surface area contributed by atoms with Crippen LogP contribution in [0.25, 0.3) is 0 Å². The number of hydrogen-bond acceptors (Lipinski definition) is 6. The monoisotopic (exact) mass is 501 g/mol. The Hall–Kier alpha value is -3.21. The van der Waals surface area contributed by atoms with E-state index in [0.29, 0.717) is 30.3 Å². The third-order valence-electron chi connectivity index (χ3n) is 7.99. The van der Waals surface area contributed by atoms with Crippen molar-refractivity contribution in [1.82, 2.24) is 20.4 Å².